The molecule has 2 rings (SSSR count). The van der Waals surface area contributed by atoms with Crippen molar-refractivity contribution in [3.63, 3.8) is 0 Å². The first kappa shape index (κ1) is 11.1. The van der Waals surface area contributed by atoms with Gasteiger partial charge in [-0.2, -0.15) is 0 Å². The van der Waals surface area contributed by atoms with Crippen molar-refractivity contribution >= 4 is 11.8 Å². The number of aliphatic hydroxyl groups excluding tert-OH is 1. The standard InChI is InChI=1S/C10H11N3O2S/c1-6(14)8-3-4-11-9(5-8)16-10-13-12-7(2)15-10/h3-6,14H,1-2H3. The zero-order chi connectivity index (χ0) is 11.5. The highest BCUT2D eigenvalue weighted by Gasteiger charge is 2.08. The Morgan fingerprint density at radius 1 is 1.44 bits per heavy atom. The summed E-state index contributed by atoms with van der Waals surface area (Å²) in [5.74, 6) is 0.522. The van der Waals surface area contributed by atoms with Crippen molar-refractivity contribution in [1.29, 1.82) is 0 Å². The molecule has 0 saturated heterocycles. The van der Waals surface area contributed by atoms with Gasteiger partial charge in [-0.1, -0.05) is 0 Å². The molecule has 2 heterocycles. The first-order valence-corrected chi connectivity index (χ1v) is 5.59. The Morgan fingerprint density at radius 3 is 2.88 bits per heavy atom. The van der Waals surface area contributed by atoms with Crippen LogP contribution in [0.3, 0.4) is 0 Å². The highest BCUT2D eigenvalue weighted by Crippen LogP contribution is 2.26. The molecule has 5 nitrogen and oxygen atoms in total. The normalized spacial score (nSPS) is 12.7. The molecule has 0 radical (unpaired) electrons. The van der Waals surface area contributed by atoms with Crippen molar-refractivity contribution in [3.05, 3.63) is 29.8 Å². The lowest BCUT2D eigenvalue weighted by atomic mass is 10.2. The molecule has 0 aliphatic heterocycles. The van der Waals surface area contributed by atoms with Crippen LogP contribution in [0, 0.1) is 6.92 Å². The van der Waals surface area contributed by atoms with Gasteiger partial charge in [0, 0.05) is 13.1 Å². The van der Waals surface area contributed by atoms with Gasteiger partial charge in [-0.15, -0.1) is 10.2 Å². The lowest BCUT2D eigenvalue weighted by Crippen LogP contribution is -1.92. The molecular weight excluding hydrogens is 226 g/mol. The van der Waals surface area contributed by atoms with Gasteiger partial charge >= 0.3 is 0 Å². The summed E-state index contributed by atoms with van der Waals surface area (Å²) in [7, 11) is 0. The maximum absolute atomic E-state index is 9.43. The molecule has 2 aromatic heterocycles. The van der Waals surface area contributed by atoms with E-state index >= 15 is 0 Å². The Bertz CT molecular complexity index is 484. The van der Waals surface area contributed by atoms with E-state index in [9.17, 15) is 5.11 Å². The van der Waals surface area contributed by atoms with Gasteiger partial charge in [0.1, 0.15) is 5.03 Å². The molecule has 0 aliphatic rings. The van der Waals surface area contributed by atoms with Gasteiger partial charge in [-0.25, -0.2) is 4.98 Å². The zero-order valence-electron chi connectivity index (χ0n) is 8.91. The fourth-order valence-electron chi connectivity index (χ4n) is 1.15. The summed E-state index contributed by atoms with van der Waals surface area (Å²) in [6, 6.07) is 3.57. The third kappa shape index (κ3) is 2.59. The molecule has 0 aliphatic carbocycles. The maximum atomic E-state index is 9.43. The first-order chi connectivity index (χ1) is 7.65. The zero-order valence-corrected chi connectivity index (χ0v) is 9.73. The van der Waals surface area contributed by atoms with Crippen LogP contribution in [-0.2, 0) is 0 Å². The topological polar surface area (TPSA) is 72.0 Å². The smallest absolute Gasteiger partial charge is 0.282 e. The number of hydrogen-bond acceptors (Lipinski definition) is 6. The molecule has 0 amide bonds. The first-order valence-electron chi connectivity index (χ1n) is 4.77. The van der Waals surface area contributed by atoms with Crippen molar-refractivity contribution < 1.29 is 9.52 Å². The monoisotopic (exact) mass is 237 g/mol. The number of aryl methyl sites for hydroxylation is 1. The minimum absolute atomic E-state index is 0.452. The Balaban J connectivity index is 2.18. The average Bonchev–Trinajstić information content (AvgIpc) is 2.64. The van der Waals surface area contributed by atoms with Crippen LogP contribution in [0.4, 0.5) is 0 Å². The molecule has 0 aromatic carbocycles. The van der Waals surface area contributed by atoms with E-state index in [-0.39, 0.29) is 0 Å². The largest absolute Gasteiger partial charge is 0.416 e. The molecule has 1 atom stereocenters. The summed E-state index contributed by atoms with van der Waals surface area (Å²) in [6.07, 6.45) is 1.14. The quantitative estimate of drug-likeness (QED) is 0.880. The summed E-state index contributed by atoms with van der Waals surface area (Å²) < 4.78 is 5.23. The van der Waals surface area contributed by atoms with Crippen LogP contribution >= 0.6 is 11.8 Å². The van der Waals surface area contributed by atoms with Crippen LogP contribution in [0.15, 0.2) is 33.0 Å². The number of pyridine rings is 1. The molecule has 1 N–H and O–H groups in total. The van der Waals surface area contributed by atoms with Crippen LogP contribution in [-0.4, -0.2) is 20.3 Å². The predicted molar refractivity (Wildman–Crippen MR) is 58.0 cm³/mol. The van der Waals surface area contributed by atoms with Crippen molar-refractivity contribution in [2.45, 2.75) is 30.2 Å². The highest BCUT2D eigenvalue weighted by molar-refractivity contribution is 7.99. The molecule has 2 aromatic rings. The Labute approximate surface area is 96.9 Å². The third-order valence-electron chi connectivity index (χ3n) is 1.94. The SMILES string of the molecule is Cc1nnc(Sc2cc(C(C)O)ccn2)o1. The summed E-state index contributed by atoms with van der Waals surface area (Å²) in [5.41, 5.74) is 0.814. The Hall–Kier alpha value is -1.40. The van der Waals surface area contributed by atoms with Crippen LogP contribution in [0.5, 0.6) is 0 Å². The van der Waals surface area contributed by atoms with E-state index < -0.39 is 6.10 Å². The van der Waals surface area contributed by atoms with E-state index in [1.54, 1.807) is 32.2 Å². The van der Waals surface area contributed by atoms with Gasteiger partial charge in [-0.3, -0.25) is 0 Å². The molecule has 0 bridgehead atoms. The number of aromatic nitrogens is 3. The third-order valence-corrected chi connectivity index (χ3v) is 2.71. The molecule has 1 unspecified atom stereocenters. The van der Waals surface area contributed by atoms with Gasteiger partial charge in [-0.05, 0) is 36.4 Å². The maximum Gasteiger partial charge on any atom is 0.282 e. The summed E-state index contributed by atoms with van der Waals surface area (Å²) >= 11 is 1.28. The van der Waals surface area contributed by atoms with Crippen molar-refractivity contribution in [2.75, 3.05) is 0 Å². The van der Waals surface area contributed by atoms with E-state index in [4.69, 9.17) is 4.42 Å². The number of hydrogen-bond donors (Lipinski definition) is 1. The number of aliphatic hydroxyl groups is 1. The average molecular weight is 237 g/mol. The minimum atomic E-state index is -0.508. The molecular formula is C10H11N3O2S. The van der Waals surface area contributed by atoms with Crippen LogP contribution in [0.25, 0.3) is 0 Å². The van der Waals surface area contributed by atoms with E-state index in [1.807, 2.05) is 0 Å². The predicted octanol–water partition coefficient (Wildman–Crippen LogP) is 1.98. The molecule has 0 fully saturated rings. The van der Waals surface area contributed by atoms with E-state index in [2.05, 4.69) is 15.2 Å². The fraction of sp³-hybridized carbons (Fsp3) is 0.300. The van der Waals surface area contributed by atoms with Gasteiger partial charge < -0.3 is 9.52 Å². The summed E-state index contributed by atoms with van der Waals surface area (Å²) in [5, 5.41) is 18.2. The Morgan fingerprint density at radius 2 is 2.25 bits per heavy atom. The second-order valence-electron chi connectivity index (χ2n) is 3.29. The van der Waals surface area contributed by atoms with Gasteiger partial charge in [0.05, 0.1) is 6.10 Å². The fourth-order valence-corrected chi connectivity index (χ4v) is 1.88. The Kier molecular flexibility index (Phi) is 3.21. The number of nitrogens with zero attached hydrogens (tertiary/aromatic N) is 3. The molecule has 84 valence electrons. The minimum Gasteiger partial charge on any atom is -0.416 e. The molecule has 0 saturated carbocycles. The molecule has 16 heavy (non-hydrogen) atoms. The van der Waals surface area contributed by atoms with E-state index in [1.165, 1.54) is 11.8 Å². The summed E-state index contributed by atoms with van der Waals surface area (Å²) in [4.78, 5) is 4.15. The van der Waals surface area contributed by atoms with Crippen molar-refractivity contribution in [3.8, 4) is 0 Å². The lowest BCUT2D eigenvalue weighted by molar-refractivity contribution is 0.199. The van der Waals surface area contributed by atoms with Gasteiger partial charge in [0.25, 0.3) is 5.22 Å². The van der Waals surface area contributed by atoms with Crippen LogP contribution in [0.1, 0.15) is 24.5 Å². The second kappa shape index (κ2) is 4.63. The van der Waals surface area contributed by atoms with Gasteiger partial charge in [0.15, 0.2) is 0 Å². The molecule has 6 heteroatoms. The van der Waals surface area contributed by atoms with Gasteiger partial charge in [0.2, 0.25) is 5.89 Å². The highest BCUT2D eigenvalue weighted by atomic mass is 32.2. The number of rotatable bonds is 3. The van der Waals surface area contributed by atoms with Crippen molar-refractivity contribution in [1.82, 2.24) is 15.2 Å². The van der Waals surface area contributed by atoms with Crippen molar-refractivity contribution in [2.24, 2.45) is 0 Å². The molecule has 0 spiro atoms. The van der Waals surface area contributed by atoms with E-state index in [0.717, 1.165) is 10.6 Å². The van der Waals surface area contributed by atoms with Crippen LogP contribution in [0.2, 0.25) is 0 Å². The lowest BCUT2D eigenvalue weighted by Gasteiger charge is -2.04. The van der Waals surface area contributed by atoms with E-state index in [0.29, 0.717) is 11.1 Å². The van der Waals surface area contributed by atoms with Crippen LogP contribution < -0.4 is 0 Å². The summed E-state index contributed by atoms with van der Waals surface area (Å²) in [6.45, 7) is 3.44. The second-order valence-corrected chi connectivity index (χ2v) is 4.26.